The Hall–Kier alpha value is -0.910. The highest BCUT2D eigenvalue weighted by Gasteiger charge is 2.06. The third-order valence-electron chi connectivity index (χ3n) is 1.94. The fraction of sp³-hybridized carbons (Fsp3) is 0.667. The van der Waals surface area contributed by atoms with Crippen LogP contribution in [-0.4, -0.2) is 34.5 Å². The van der Waals surface area contributed by atoms with Crippen LogP contribution in [0.3, 0.4) is 0 Å². The molecule has 1 atom stereocenters. The summed E-state index contributed by atoms with van der Waals surface area (Å²) in [5.74, 6) is 1.41. The second kappa shape index (κ2) is 5.09. The number of rotatable bonds is 5. The maximum atomic E-state index is 9.03. The van der Waals surface area contributed by atoms with E-state index in [0.717, 1.165) is 11.5 Å². The zero-order valence-electron chi connectivity index (χ0n) is 8.45. The molecule has 14 heavy (non-hydrogen) atoms. The van der Waals surface area contributed by atoms with Crippen molar-refractivity contribution in [2.75, 3.05) is 13.2 Å². The molecule has 3 N–H and O–H groups in total. The smallest absolute Gasteiger partial charge is 0.208 e. The number of aliphatic hydroxyl groups is 2. The number of nitrogens with zero attached hydrogens (tertiary/aromatic N) is 1. The van der Waals surface area contributed by atoms with E-state index in [1.54, 1.807) is 0 Å². The lowest BCUT2D eigenvalue weighted by Gasteiger charge is -2.06. The van der Waals surface area contributed by atoms with Crippen molar-refractivity contribution in [2.45, 2.75) is 26.5 Å². The fourth-order valence-electron chi connectivity index (χ4n) is 1.03. The molecule has 1 heterocycles. The Labute approximate surface area is 82.8 Å². The standard InChI is InChI=1S/C9H16N2O3/c1-6-7(2)14-9(11-6)4-10-3-8(13)5-12/h8,10,12-13H,3-5H2,1-2H3/t8-/m0/s1. The van der Waals surface area contributed by atoms with Gasteiger partial charge >= 0.3 is 0 Å². The maximum Gasteiger partial charge on any atom is 0.208 e. The summed E-state index contributed by atoms with van der Waals surface area (Å²) in [7, 11) is 0. The summed E-state index contributed by atoms with van der Waals surface area (Å²) in [6, 6.07) is 0. The molecule has 0 aliphatic rings. The highest BCUT2D eigenvalue weighted by atomic mass is 16.4. The molecule has 5 heteroatoms. The Kier molecular flexibility index (Phi) is 4.06. The van der Waals surface area contributed by atoms with Crippen LogP contribution in [-0.2, 0) is 6.54 Å². The van der Waals surface area contributed by atoms with E-state index in [1.165, 1.54) is 0 Å². The minimum atomic E-state index is -0.729. The van der Waals surface area contributed by atoms with E-state index in [4.69, 9.17) is 14.6 Å². The van der Waals surface area contributed by atoms with Crippen LogP contribution in [0.2, 0.25) is 0 Å². The molecule has 80 valence electrons. The van der Waals surface area contributed by atoms with Crippen LogP contribution in [0.15, 0.2) is 4.42 Å². The van der Waals surface area contributed by atoms with Crippen molar-refractivity contribution in [3.05, 3.63) is 17.3 Å². The summed E-state index contributed by atoms with van der Waals surface area (Å²) < 4.78 is 5.31. The van der Waals surface area contributed by atoms with Gasteiger partial charge in [-0.05, 0) is 13.8 Å². The highest BCUT2D eigenvalue weighted by Crippen LogP contribution is 2.07. The van der Waals surface area contributed by atoms with E-state index in [2.05, 4.69) is 10.3 Å². The molecule has 5 nitrogen and oxygen atoms in total. The molecule has 0 aromatic carbocycles. The Bertz CT molecular complexity index is 266. The van der Waals surface area contributed by atoms with Gasteiger partial charge in [-0.15, -0.1) is 0 Å². The van der Waals surface area contributed by atoms with Gasteiger partial charge in [-0.1, -0.05) is 0 Å². The van der Waals surface area contributed by atoms with Crippen LogP contribution in [0.5, 0.6) is 0 Å². The monoisotopic (exact) mass is 200 g/mol. The molecule has 1 rings (SSSR count). The number of aliphatic hydroxyl groups excluding tert-OH is 2. The first-order valence-electron chi connectivity index (χ1n) is 4.56. The number of hydrogen-bond acceptors (Lipinski definition) is 5. The first-order chi connectivity index (χ1) is 6.63. The van der Waals surface area contributed by atoms with Crippen molar-refractivity contribution >= 4 is 0 Å². The molecule has 1 aromatic heterocycles. The minimum Gasteiger partial charge on any atom is -0.444 e. The molecular formula is C9H16N2O3. The van der Waals surface area contributed by atoms with Crippen LogP contribution in [0.1, 0.15) is 17.3 Å². The fourth-order valence-corrected chi connectivity index (χ4v) is 1.03. The van der Waals surface area contributed by atoms with Crippen LogP contribution in [0.4, 0.5) is 0 Å². The van der Waals surface area contributed by atoms with Gasteiger partial charge in [0.15, 0.2) is 0 Å². The molecular weight excluding hydrogens is 184 g/mol. The van der Waals surface area contributed by atoms with Gasteiger partial charge in [0.2, 0.25) is 5.89 Å². The molecule has 0 saturated heterocycles. The van der Waals surface area contributed by atoms with E-state index >= 15 is 0 Å². The number of nitrogens with one attached hydrogen (secondary N) is 1. The van der Waals surface area contributed by atoms with Crippen LogP contribution in [0.25, 0.3) is 0 Å². The van der Waals surface area contributed by atoms with Crippen molar-refractivity contribution in [3.8, 4) is 0 Å². The van der Waals surface area contributed by atoms with E-state index in [1.807, 2.05) is 13.8 Å². The summed E-state index contributed by atoms with van der Waals surface area (Å²) in [4.78, 5) is 4.16. The molecule has 0 aliphatic carbocycles. The normalized spacial score (nSPS) is 13.1. The van der Waals surface area contributed by atoms with Gasteiger partial charge in [-0.3, -0.25) is 0 Å². The topological polar surface area (TPSA) is 78.5 Å². The number of hydrogen-bond donors (Lipinski definition) is 3. The van der Waals surface area contributed by atoms with E-state index in [-0.39, 0.29) is 6.61 Å². The summed E-state index contributed by atoms with van der Waals surface area (Å²) in [5.41, 5.74) is 0.879. The van der Waals surface area contributed by atoms with Crippen LogP contribution < -0.4 is 5.32 Å². The first-order valence-corrected chi connectivity index (χ1v) is 4.56. The van der Waals surface area contributed by atoms with Crippen molar-refractivity contribution in [1.29, 1.82) is 0 Å². The van der Waals surface area contributed by atoms with Crippen molar-refractivity contribution in [2.24, 2.45) is 0 Å². The van der Waals surface area contributed by atoms with Gasteiger partial charge in [-0.25, -0.2) is 4.98 Å². The predicted octanol–water partition coefficient (Wildman–Crippen LogP) is -0.266. The maximum absolute atomic E-state index is 9.03. The first kappa shape index (κ1) is 11.2. The lowest BCUT2D eigenvalue weighted by molar-refractivity contribution is 0.0937. The highest BCUT2D eigenvalue weighted by molar-refractivity contribution is 5.05. The molecule has 0 aliphatic heterocycles. The third kappa shape index (κ3) is 3.10. The summed E-state index contributed by atoms with van der Waals surface area (Å²) >= 11 is 0. The van der Waals surface area contributed by atoms with Gasteiger partial charge in [0.25, 0.3) is 0 Å². The average Bonchev–Trinajstić information content (AvgIpc) is 2.46. The molecule has 0 radical (unpaired) electrons. The van der Waals surface area contributed by atoms with Crippen LogP contribution >= 0.6 is 0 Å². The van der Waals surface area contributed by atoms with Gasteiger partial charge in [-0.2, -0.15) is 0 Å². The van der Waals surface area contributed by atoms with Crippen molar-refractivity contribution in [1.82, 2.24) is 10.3 Å². The molecule has 0 amide bonds. The predicted molar refractivity (Wildman–Crippen MR) is 50.8 cm³/mol. The quantitative estimate of drug-likeness (QED) is 0.610. The molecule has 0 unspecified atom stereocenters. The zero-order chi connectivity index (χ0) is 10.6. The van der Waals surface area contributed by atoms with Crippen molar-refractivity contribution in [3.63, 3.8) is 0 Å². The third-order valence-corrected chi connectivity index (χ3v) is 1.94. The lowest BCUT2D eigenvalue weighted by Crippen LogP contribution is -2.29. The minimum absolute atomic E-state index is 0.239. The van der Waals surface area contributed by atoms with Gasteiger partial charge < -0.3 is 19.9 Å². The Morgan fingerprint density at radius 1 is 1.50 bits per heavy atom. The van der Waals surface area contributed by atoms with Crippen molar-refractivity contribution < 1.29 is 14.6 Å². The van der Waals surface area contributed by atoms with E-state index in [9.17, 15) is 0 Å². The van der Waals surface area contributed by atoms with Gasteiger partial charge in [0, 0.05) is 6.54 Å². The van der Waals surface area contributed by atoms with E-state index < -0.39 is 6.10 Å². The summed E-state index contributed by atoms with van der Waals surface area (Å²) in [6.45, 7) is 4.29. The Balaban J connectivity index is 2.31. The largest absolute Gasteiger partial charge is 0.444 e. The van der Waals surface area contributed by atoms with Gasteiger partial charge in [0.05, 0.1) is 24.9 Å². The zero-order valence-corrected chi connectivity index (χ0v) is 8.45. The number of aryl methyl sites for hydroxylation is 2. The average molecular weight is 200 g/mol. The Morgan fingerprint density at radius 3 is 2.71 bits per heavy atom. The number of aromatic nitrogens is 1. The molecule has 0 spiro atoms. The molecule has 0 bridgehead atoms. The summed E-state index contributed by atoms with van der Waals surface area (Å²) in [6.07, 6.45) is -0.729. The molecule has 0 saturated carbocycles. The summed E-state index contributed by atoms with van der Waals surface area (Å²) in [5, 5.41) is 20.5. The second-order valence-electron chi connectivity index (χ2n) is 3.22. The van der Waals surface area contributed by atoms with Gasteiger partial charge in [0.1, 0.15) is 5.76 Å². The molecule has 1 aromatic rings. The van der Waals surface area contributed by atoms with E-state index in [0.29, 0.717) is 19.0 Å². The Morgan fingerprint density at radius 2 is 2.21 bits per heavy atom. The number of oxazole rings is 1. The van der Waals surface area contributed by atoms with Crippen LogP contribution in [0, 0.1) is 13.8 Å². The lowest BCUT2D eigenvalue weighted by atomic mass is 10.4. The SMILES string of the molecule is Cc1nc(CNC[C@H](O)CO)oc1C. The second-order valence-corrected chi connectivity index (χ2v) is 3.22. The molecule has 0 fully saturated rings.